The number of carbonyl (C=O) groups is 1. The molecule has 0 unspecified atom stereocenters. The van der Waals surface area contributed by atoms with Crippen molar-refractivity contribution in [3.05, 3.63) is 77.9 Å². The topological polar surface area (TPSA) is 53.0 Å². The Hall–Kier alpha value is -2.89. The van der Waals surface area contributed by atoms with Gasteiger partial charge >= 0.3 is 0 Å². The molecule has 3 aromatic carbocycles. The zero-order chi connectivity index (χ0) is 27.9. The fourth-order valence-corrected chi connectivity index (χ4v) is 7.74. The van der Waals surface area contributed by atoms with Crippen LogP contribution >= 0.6 is 0 Å². The molecule has 3 atom stereocenters. The second-order valence-electron chi connectivity index (χ2n) is 13.1. The molecule has 212 valence electrons. The lowest BCUT2D eigenvalue weighted by Gasteiger charge is -2.61. The lowest BCUT2D eigenvalue weighted by atomic mass is 9.55. The van der Waals surface area contributed by atoms with Crippen molar-refractivity contribution in [3.8, 4) is 5.75 Å². The number of fused-ring (bicyclic) bond motifs is 2. The van der Waals surface area contributed by atoms with Crippen molar-refractivity contribution in [1.29, 1.82) is 0 Å². The molecule has 6 rings (SSSR count). The van der Waals surface area contributed by atoms with Crippen LogP contribution in [0, 0.1) is 11.8 Å². The lowest BCUT2D eigenvalue weighted by Crippen LogP contribution is -2.68. The minimum absolute atomic E-state index is 0.0991. The number of methoxy groups -OCH3 is 1. The number of amides is 1. The van der Waals surface area contributed by atoms with Gasteiger partial charge < -0.3 is 19.6 Å². The van der Waals surface area contributed by atoms with E-state index in [1.807, 2.05) is 37.4 Å². The van der Waals surface area contributed by atoms with Gasteiger partial charge in [-0.3, -0.25) is 4.79 Å². The van der Waals surface area contributed by atoms with Gasteiger partial charge in [0.15, 0.2) is 0 Å². The summed E-state index contributed by atoms with van der Waals surface area (Å²) in [4.78, 5) is 19.0. The maximum Gasteiger partial charge on any atom is 0.254 e. The molecule has 2 aliphatic carbocycles. The summed E-state index contributed by atoms with van der Waals surface area (Å²) in [5.74, 6) is 1.60. The van der Waals surface area contributed by atoms with Crippen molar-refractivity contribution in [1.82, 2.24) is 9.80 Å². The number of likely N-dealkylation sites (tertiary alicyclic amines) is 1. The summed E-state index contributed by atoms with van der Waals surface area (Å²) in [5.41, 5.74) is 1.28. The maximum atomic E-state index is 14.3. The fourth-order valence-electron chi connectivity index (χ4n) is 7.74. The number of benzene rings is 3. The molecule has 0 bridgehead atoms. The third-order valence-electron chi connectivity index (χ3n) is 9.93. The summed E-state index contributed by atoms with van der Waals surface area (Å²) >= 11 is 0. The molecule has 0 radical (unpaired) electrons. The van der Waals surface area contributed by atoms with Gasteiger partial charge in [0.1, 0.15) is 5.75 Å². The second-order valence-corrected chi connectivity index (χ2v) is 13.1. The van der Waals surface area contributed by atoms with Crippen LogP contribution in [0.5, 0.6) is 5.75 Å². The molecule has 3 fully saturated rings. The summed E-state index contributed by atoms with van der Waals surface area (Å²) in [6.07, 6.45) is 6.30. The van der Waals surface area contributed by atoms with E-state index in [0.29, 0.717) is 11.7 Å². The Morgan fingerprint density at radius 2 is 1.82 bits per heavy atom. The van der Waals surface area contributed by atoms with E-state index in [9.17, 15) is 9.90 Å². The first kappa shape index (κ1) is 27.3. The van der Waals surface area contributed by atoms with Crippen LogP contribution in [0.4, 0.5) is 0 Å². The molecule has 1 N–H and O–H groups in total. The quantitative estimate of drug-likeness (QED) is 0.348. The predicted molar refractivity (Wildman–Crippen MR) is 161 cm³/mol. The molecule has 1 aliphatic heterocycles. The first-order chi connectivity index (χ1) is 19.3. The van der Waals surface area contributed by atoms with Crippen LogP contribution in [0.1, 0.15) is 68.3 Å². The number of nitrogens with zero attached hydrogens (tertiary/aromatic N) is 2. The van der Waals surface area contributed by atoms with Crippen LogP contribution < -0.4 is 0 Å². The van der Waals surface area contributed by atoms with Crippen LogP contribution in [0.25, 0.3) is 10.8 Å². The predicted octanol–water partition coefficient (Wildman–Crippen LogP) is 6.64. The largest absolute Gasteiger partial charge is 0.508 e. The van der Waals surface area contributed by atoms with Crippen molar-refractivity contribution in [2.75, 3.05) is 33.3 Å². The monoisotopic (exact) mass is 540 g/mol. The number of rotatable bonds is 8. The number of piperidine rings is 1. The van der Waals surface area contributed by atoms with E-state index in [1.165, 1.54) is 12.8 Å². The Morgan fingerprint density at radius 3 is 2.55 bits per heavy atom. The Kier molecular flexibility index (Phi) is 7.39. The summed E-state index contributed by atoms with van der Waals surface area (Å²) in [6, 6.07) is 22.3. The zero-order valence-electron chi connectivity index (χ0n) is 24.3. The van der Waals surface area contributed by atoms with Crippen molar-refractivity contribution >= 4 is 16.7 Å². The third-order valence-corrected chi connectivity index (χ3v) is 9.93. The van der Waals surface area contributed by atoms with Gasteiger partial charge in [0.25, 0.3) is 5.91 Å². The van der Waals surface area contributed by atoms with Gasteiger partial charge in [0, 0.05) is 43.8 Å². The van der Waals surface area contributed by atoms with Gasteiger partial charge in [0.2, 0.25) is 0 Å². The third kappa shape index (κ3) is 5.03. The molecular weight excluding hydrogens is 496 g/mol. The smallest absolute Gasteiger partial charge is 0.254 e. The van der Waals surface area contributed by atoms with Crippen LogP contribution in [-0.4, -0.2) is 65.7 Å². The number of carbonyl (C=O) groups excluding carboxylic acids is 1. The SMILES string of the molecule is CO[C@]12CC[C@H](N(CC(C)C)C(=O)c3ccc4ccccc4c3)C[C@]1(c1cccc(O)c1)CCN(CC1CC1)C2. The zero-order valence-corrected chi connectivity index (χ0v) is 24.3. The molecule has 1 heterocycles. The maximum absolute atomic E-state index is 14.3. The Labute approximate surface area is 239 Å². The Morgan fingerprint density at radius 1 is 1.02 bits per heavy atom. The lowest BCUT2D eigenvalue weighted by molar-refractivity contribution is -0.155. The van der Waals surface area contributed by atoms with E-state index in [0.717, 1.165) is 79.7 Å². The minimum atomic E-state index is -0.347. The number of phenols is 1. The number of phenolic OH excluding ortho intramolecular Hbond substituents is 1. The standard InChI is InChI=1S/C35H44N2O3/c1-25(2)22-37(33(39)29-14-13-27-7-4-5-8-28(27)19-29)31-15-16-35(40-3)24-36(23-26-11-12-26)18-17-34(35,21-31)30-9-6-10-32(38)20-30/h4-10,13-14,19-20,25-26,31,38H,11-12,15-18,21-24H2,1-3H3/t31-,34-,35-/m0/s1. The van der Waals surface area contributed by atoms with Crippen molar-refractivity contribution in [2.24, 2.45) is 11.8 Å². The summed E-state index contributed by atoms with van der Waals surface area (Å²) in [5, 5.41) is 12.8. The first-order valence-electron chi connectivity index (χ1n) is 15.2. The molecular formula is C35H44N2O3. The van der Waals surface area contributed by atoms with Gasteiger partial charge in [-0.05, 0) is 97.5 Å². The summed E-state index contributed by atoms with van der Waals surface area (Å²) in [7, 11) is 1.88. The van der Waals surface area contributed by atoms with Crippen molar-refractivity contribution in [3.63, 3.8) is 0 Å². The number of aromatic hydroxyl groups is 1. The molecule has 1 amide bonds. The number of hydrogen-bond acceptors (Lipinski definition) is 4. The minimum Gasteiger partial charge on any atom is -0.508 e. The van der Waals surface area contributed by atoms with E-state index in [2.05, 4.69) is 54.0 Å². The molecule has 2 saturated carbocycles. The average Bonchev–Trinajstić information content (AvgIpc) is 3.79. The van der Waals surface area contributed by atoms with Crippen LogP contribution in [-0.2, 0) is 10.2 Å². The summed E-state index contributed by atoms with van der Waals surface area (Å²) < 4.78 is 6.59. The van der Waals surface area contributed by atoms with Gasteiger partial charge in [-0.25, -0.2) is 0 Å². The molecule has 1 saturated heterocycles. The van der Waals surface area contributed by atoms with Crippen molar-refractivity contribution < 1.29 is 14.6 Å². The number of ether oxygens (including phenoxy) is 1. The molecule has 0 aromatic heterocycles. The Balaban J connectivity index is 1.37. The van der Waals surface area contributed by atoms with Crippen LogP contribution in [0.15, 0.2) is 66.7 Å². The molecule has 3 aromatic rings. The number of hydrogen-bond donors (Lipinski definition) is 1. The van der Waals surface area contributed by atoms with Gasteiger partial charge in [-0.15, -0.1) is 0 Å². The van der Waals surface area contributed by atoms with Crippen molar-refractivity contribution in [2.45, 2.75) is 69.4 Å². The van der Waals surface area contributed by atoms with E-state index in [1.54, 1.807) is 6.07 Å². The van der Waals surface area contributed by atoms with Gasteiger partial charge in [0.05, 0.1) is 5.60 Å². The van der Waals surface area contributed by atoms with E-state index in [-0.39, 0.29) is 23.0 Å². The van der Waals surface area contributed by atoms with Crippen LogP contribution in [0.3, 0.4) is 0 Å². The van der Waals surface area contributed by atoms with E-state index >= 15 is 0 Å². The molecule has 0 spiro atoms. The molecule has 5 heteroatoms. The van der Waals surface area contributed by atoms with Gasteiger partial charge in [-0.2, -0.15) is 0 Å². The molecule has 3 aliphatic rings. The van der Waals surface area contributed by atoms with E-state index < -0.39 is 0 Å². The van der Waals surface area contributed by atoms with Crippen LogP contribution in [0.2, 0.25) is 0 Å². The highest BCUT2D eigenvalue weighted by Crippen LogP contribution is 2.55. The molecule has 40 heavy (non-hydrogen) atoms. The normalized spacial score (nSPS) is 27.1. The highest BCUT2D eigenvalue weighted by Gasteiger charge is 2.60. The fraction of sp³-hybridized carbons (Fsp3) is 0.514. The van der Waals surface area contributed by atoms with Gasteiger partial charge in [-0.1, -0.05) is 56.3 Å². The average molecular weight is 541 g/mol. The highest BCUT2D eigenvalue weighted by atomic mass is 16.5. The van der Waals surface area contributed by atoms with E-state index in [4.69, 9.17) is 4.74 Å². The summed E-state index contributed by atoms with van der Waals surface area (Å²) in [6.45, 7) is 8.21. The highest BCUT2D eigenvalue weighted by molar-refractivity contribution is 5.98. The molecule has 5 nitrogen and oxygen atoms in total. The Bertz CT molecular complexity index is 1370. The first-order valence-corrected chi connectivity index (χ1v) is 15.2. The second kappa shape index (κ2) is 10.8.